The number of nitrogens with zero attached hydrogens (tertiary/aromatic N) is 1. The SMILES string of the molecule is C=C(C)C(=O)CCC(CNC(C)(C)C)OC(=O)C(=C)C.C=C(C)C(=O)CCCN(CCNC(=O)C(=C)C)C(C)(C)C.C=C(C)C(=O)NCC(CNC(=O)C(=C)C)(NC(=O)C(=C)C)NC(C)(C)C.C=C(C)C(=O)NCC(CNC(=O)C(=C)C)NC(C)(C)C.C=C(C)C(=O)NCCCNC(C)(C)C.C=C(C)C(=O)NCCNC(C)(C)C. The molecule has 26 heteroatoms. The van der Waals surface area contributed by atoms with Gasteiger partial charge in [-0.25, -0.2) is 4.79 Å². The molecule has 114 heavy (non-hydrogen) atoms. The van der Waals surface area contributed by atoms with E-state index in [1.165, 1.54) is 0 Å². The van der Waals surface area contributed by atoms with Crippen molar-refractivity contribution in [1.82, 2.24) is 74.0 Å². The monoisotopic (exact) mass is 1600 g/mol. The van der Waals surface area contributed by atoms with Crippen molar-refractivity contribution < 1.29 is 57.5 Å². The Kier molecular flexibility index (Phi) is 58.7. The molecule has 1 unspecified atom stereocenters. The van der Waals surface area contributed by atoms with Crippen LogP contribution >= 0.6 is 0 Å². The molecule has 0 aromatic rings. The second-order valence-corrected chi connectivity index (χ2v) is 35.2. The summed E-state index contributed by atoms with van der Waals surface area (Å²) in [6.45, 7) is 101. The molecular weight excluding hydrogens is 1450 g/mol. The molecule has 0 aliphatic rings. The highest BCUT2D eigenvalue weighted by molar-refractivity contribution is 5.97. The number of Topliss-reactive ketones (excluding diaryl/α,β-unsaturated/α-hetero) is 2. The van der Waals surface area contributed by atoms with Crippen LogP contribution in [0.15, 0.2) is 134 Å². The van der Waals surface area contributed by atoms with E-state index >= 15 is 0 Å². The molecule has 0 heterocycles. The van der Waals surface area contributed by atoms with Gasteiger partial charge in [0, 0.05) is 155 Å². The first kappa shape index (κ1) is 116. The van der Waals surface area contributed by atoms with E-state index in [4.69, 9.17) is 4.74 Å². The van der Waals surface area contributed by atoms with Gasteiger partial charge in [0.2, 0.25) is 47.3 Å². The summed E-state index contributed by atoms with van der Waals surface area (Å²) < 4.78 is 5.35. The van der Waals surface area contributed by atoms with Crippen molar-refractivity contribution in [2.75, 3.05) is 78.5 Å². The van der Waals surface area contributed by atoms with Crippen LogP contribution in [0.3, 0.4) is 0 Å². The van der Waals surface area contributed by atoms with Crippen molar-refractivity contribution in [3.8, 4) is 0 Å². The average molecular weight is 1600 g/mol. The number of hydrogen-bond acceptors (Lipinski definition) is 18. The summed E-state index contributed by atoms with van der Waals surface area (Å²) >= 11 is 0. The van der Waals surface area contributed by atoms with Crippen LogP contribution in [0.5, 0.6) is 0 Å². The highest BCUT2D eigenvalue weighted by atomic mass is 16.5. The number of amides is 8. The van der Waals surface area contributed by atoms with Gasteiger partial charge in [0.15, 0.2) is 11.6 Å². The second kappa shape index (κ2) is 57.5. The Morgan fingerprint density at radius 2 is 0.667 bits per heavy atom. The Morgan fingerprint density at radius 1 is 0.325 bits per heavy atom. The summed E-state index contributed by atoms with van der Waals surface area (Å²) in [5.74, 6) is -1.99. The summed E-state index contributed by atoms with van der Waals surface area (Å²) in [4.78, 5) is 130. The summed E-state index contributed by atoms with van der Waals surface area (Å²) in [5.41, 5.74) is 3.55. The van der Waals surface area contributed by atoms with Crippen LogP contribution in [0.2, 0.25) is 0 Å². The molecule has 0 aromatic carbocycles. The van der Waals surface area contributed by atoms with Gasteiger partial charge in [0.25, 0.3) is 0 Å². The molecule has 0 spiro atoms. The highest BCUT2D eigenvalue weighted by Crippen LogP contribution is 2.16. The minimum absolute atomic E-state index is 0.000221. The second-order valence-electron chi connectivity index (χ2n) is 35.2. The number of hydrogen-bond donors (Lipinski definition) is 13. The maximum Gasteiger partial charge on any atom is 0.333 e. The molecule has 0 saturated heterocycles. The van der Waals surface area contributed by atoms with Crippen molar-refractivity contribution in [3.63, 3.8) is 0 Å². The van der Waals surface area contributed by atoms with Crippen molar-refractivity contribution >= 4 is 64.8 Å². The quantitative estimate of drug-likeness (QED) is 0.0117. The fourth-order valence-electron chi connectivity index (χ4n) is 8.53. The summed E-state index contributed by atoms with van der Waals surface area (Å²) in [6.07, 6.45) is 2.73. The maximum absolute atomic E-state index is 12.3. The van der Waals surface area contributed by atoms with Gasteiger partial charge in [0.1, 0.15) is 11.8 Å². The normalized spacial score (nSPS) is 11.5. The Balaban J connectivity index is -0.000000311. The molecule has 13 N–H and O–H groups in total. The van der Waals surface area contributed by atoms with Crippen LogP contribution in [0.1, 0.15) is 233 Å². The largest absolute Gasteiger partial charge is 0.458 e. The van der Waals surface area contributed by atoms with E-state index in [0.717, 1.165) is 39.0 Å². The number of rotatable bonds is 42. The van der Waals surface area contributed by atoms with E-state index in [0.29, 0.717) is 120 Å². The molecule has 0 aromatic heterocycles. The van der Waals surface area contributed by atoms with Crippen LogP contribution in [0, 0.1) is 0 Å². The zero-order chi connectivity index (χ0) is 90.9. The predicted octanol–water partition coefficient (Wildman–Crippen LogP) is 10.3. The fraction of sp³-hybridized carbons (Fsp3) is 0.625. The number of carbonyl (C=O) groups is 11. The number of nitrogens with one attached hydrogen (secondary N) is 13. The molecule has 0 aliphatic carbocycles. The smallest absolute Gasteiger partial charge is 0.333 e. The minimum Gasteiger partial charge on any atom is -0.458 e. The van der Waals surface area contributed by atoms with E-state index in [9.17, 15) is 52.7 Å². The van der Waals surface area contributed by atoms with Gasteiger partial charge < -0.3 is 68.5 Å². The first-order valence-electron chi connectivity index (χ1n) is 38.8. The fourth-order valence-corrected chi connectivity index (χ4v) is 8.53. The lowest BCUT2D eigenvalue weighted by Gasteiger charge is -2.41. The van der Waals surface area contributed by atoms with Gasteiger partial charge >= 0.3 is 5.97 Å². The predicted molar refractivity (Wildman–Crippen MR) is 472 cm³/mol. The van der Waals surface area contributed by atoms with E-state index in [1.54, 1.807) is 76.2 Å². The molecule has 652 valence electrons. The van der Waals surface area contributed by atoms with Crippen molar-refractivity contribution in [2.24, 2.45) is 0 Å². The third kappa shape index (κ3) is 71.3. The van der Waals surface area contributed by atoms with E-state index in [-0.39, 0.29) is 106 Å². The Morgan fingerprint density at radius 3 is 1.00 bits per heavy atom. The molecular formula is C88H158N14O12. The third-order valence-electron chi connectivity index (χ3n) is 14.8. The lowest BCUT2D eigenvalue weighted by Crippen LogP contribution is -2.72. The van der Waals surface area contributed by atoms with Gasteiger partial charge in [-0.2, -0.15) is 0 Å². The third-order valence-corrected chi connectivity index (χ3v) is 14.8. The summed E-state index contributed by atoms with van der Waals surface area (Å²) in [6, 6.07) is -0.0680. The summed E-state index contributed by atoms with van der Waals surface area (Å²) in [5, 5.41) is 38.8. The number of esters is 1. The number of ether oxygens (including phenoxy) is 1. The molecule has 1 atom stereocenters. The van der Waals surface area contributed by atoms with Gasteiger partial charge in [-0.1, -0.05) is 72.4 Å². The van der Waals surface area contributed by atoms with Crippen LogP contribution in [0.4, 0.5) is 0 Å². The average Bonchev–Trinajstić information content (AvgIpc) is 0.821. The first-order valence-corrected chi connectivity index (χ1v) is 38.8. The van der Waals surface area contributed by atoms with Crippen LogP contribution in [-0.2, 0) is 57.5 Å². The minimum atomic E-state index is -1.13. The van der Waals surface area contributed by atoms with Crippen LogP contribution < -0.4 is 69.1 Å². The van der Waals surface area contributed by atoms with Gasteiger partial charge in [-0.3, -0.25) is 58.2 Å². The zero-order valence-electron chi connectivity index (χ0n) is 76.3. The molecule has 0 aliphatic heterocycles. The van der Waals surface area contributed by atoms with Gasteiger partial charge in [-0.05, 0) is 244 Å². The highest BCUT2D eigenvalue weighted by Gasteiger charge is 2.37. The van der Waals surface area contributed by atoms with Gasteiger partial charge in [0.05, 0.1) is 13.1 Å². The summed E-state index contributed by atoms with van der Waals surface area (Å²) in [7, 11) is 0. The lowest BCUT2D eigenvalue weighted by molar-refractivity contribution is -0.145. The van der Waals surface area contributed by atoms with Crippen LogP contribution in [0.25, 0.3) is 0 Å². The number of carbonyl (C=O) groups excluding carboxylic acids is 11. The van der Waals surface area contributed by atoms with Crippen molar-refractivity contribution in [2.45, 2.75) is 284 Å². The Hall–Kier alpha value is -8.53. The number of ketones is 2. The van der Waals surface area contributed by atoms with E-state index < -0.39 is 23.1 Å². The molecule has 26 nitrogen and oxygen atoms in total. The lowest BCUT2D eigenvalue weighted by atomic mass is 10.0. The Bertz CT molecular complexity index is 3190. The van der Waals surface area contributed by atoms with Gasteiger partial charge in [-0.15, -0.1) is 0 Å². The molecule has 0 bridgehead atoms. The zero-order valence-corrected chi connectivity index (χ0v) is 76.3. The molecule has 0 fully saturated rings. The maximum atomic E-state index is 12.3. The number of allylic oxidation sites excluding steroid dienone is 2. The molecule has 8 amide bonds. The van der Waals surface area contributed by atoms with Crippen molar-refractivity contribution in [3.05, 3.63) is 134 Å². The first-order chi connectivity index (χ1) is 51.4. The molecule has 0 radical (unpaired) electrons. The standard InChI is InChI=1S/C19H32N4O3.C17H30N2O2.C16H27NO3.C15H27N3O2.C11H22N2O.C10H20N2O/c1-12(2)15(24)20-10-19(23-18(7,8)9,22-17(26)14(5)6)11-21-16(25)13(3)4;1-13(2)15(20)9-8-11-19(17(5,6)7)12-10-18-16(21)14(3)4;1-11(2)14(18)9-8-13(10-17-16(5,6)7)20-15(19)12(3)4;1-10(2)13(19)16-8-12(18-15(5,6)7)9-17-14(20)11(3)4;1-9(2)10(14)12-7-6-8-13-11(3,4)5;1-8(2)9(13)11-6-7-12-10(3,4)5/h23H,1,3,5,10-11H2,2,4,6-9H3,(H,20,24)(H,21,25)(H,22,26);1,3,8-12H2,2,4-7H3,(H,18,21);13,17H,1,3,8-10H2,2,4-7H3;12,18H,1,3,8-9H2,2,4-7H3,(H,16,19)(H,17,20);13H,1,6-8H2,2-5H3,(H,12,14);12H,1,6-7H2,2-5H3,(H,11,13). The van der Waals surface area contributed by atoms with E-state index in [1.807, 2.05) is 62.3 Å². The van der Waals surface area contributed by atoms with E-state index in [2.05, 4.69) is 209 Å². The molecule has 0 saturated carbocycles. The van der Waals surface area contributed by atoms with Crippen LogP contribution in [-0.4, -0.2) is 199 Å². The Labute approximate surface area is 689 Å². The van der Waals surface area contributed by atoms with Crippen molar-refractivity contribution in [1.29, 1.82) is 0 Å². The molecule has 0 rings (SSSR count). The topological polar surface area (TPSA) is 357 Å².